The Kier molecular flexibility index (Phi) is 7.27. The molecule has 0 aromatic heterocycles. The van der Waals surface area contributed by atoms with E-state index in [9.17, 15) is 10.1 Å². The van der Waals surface area contributed by atoms with E-state index in [0.717, 1.165) is 25.5 Å². The Morgan fingerprint density at radius 1 is 1.31 bits per heavy atom. The zero-order chi connectivity index (χ0) is 19.3. The van der Waals surface area contributed by atoms with Gasteiger partial charge < -0.3 is 4.79 Å². The third kappa shape index (κ3) is 3.42. The minimum atomic E-state index is 0.194. The Labute approximate surface area is 160 Å². The van der Waals surface area contributed by atoms with Crippen LogP contribution in [0.3, 0.4) is 0 Å². The van der Waals surface area contributed by atoms with Gasteiger partial charge in [-0.2, -0.15) is 5.26 Å². The van der Waals surface area contributed by atoms with Crippen LogP contribution in [0, 0.1) is 52.3 Å². The molecule has 0 aliphatic heterocycles. The van der Waals surface area contributed by atoms with Gasteiger partial charge in [-0.05, 0) is 80.5 Å². The van der Waals surface area contributed by atoms with Crippen LogP contribution in [0.5, 0.6) is 0 Å². The average molecular weight is 356 g/mol. The van der Waals surface area contributed by atoms with Crippen LogP contribution in [-0.2, 0) is 4.79 Å². The molecule has 3 aliphatic carbocycles. The number of carbonyl (C=O) groups excluding carboxylic acids is 1. The SMILES string of the molecule is C=C[C@@H]1C/C(=C/C)C(CCC=O)C2CCC3(C)C(CC[C@@H]3C#N)C21.CC. The van der Waals surface area contributed by atoms with E-state index in [-0.39, 0.29) is 11.3 Å². The molecule has 0 N–H and O–H groups in total. The number of rotatable bonds is 4. The summed E-state index contributed by atoms with van der Waals surface area (Å²) >= 11 is 0. The van der Waals surface area contributed by atoms with E-state index in [4.69, 9.17) is 0 Å². The summed E-state index contributed by atoms with van der Waals surface area (Å²) < 4.78 is 0. The fourth-order valence-corrected chi connectivity index (χ4v) is 6.58. The van der Waals surface area contributed by atoms with E-state index in [1.54, 1.807) is 5.57 Å². The van der Waals surface area contributed by atoms with Crippen molar-refractivity contribution in [2.45, 2.75) is 72.6 Å². The van der Waals surface area contributed by atoms with Crippen LogP contribution in [0.25, 0.3) is 0 Å². The van der Waals surface area contributed by atoms with Gasteiger partial charge in [0, 0.05) is 6.42 Å². The normalized spacial score (nSPS) is 42.7. The van der Waals surface area contributed by atoms with Gasteiger partial charge in [0.15, 0.2) is 0 Å². The Balaban J connectivity index is 0.00000117. The molecule has 0 heterocycles. The van der Waals surface area contributed by atoms with E-state index < -0.39 is 0 Å². The summed E-state index contributed by atoms with van der Waals surface area (Å²) in [5.41, 5.74) is 1.74. The zero-order valence-corrected chi connectivity index (χ0v) is 17.2. The summed E-state index contributed by atoms with van der Waals surface area (Å²) in [7, 11) is 0. The third-order valence-corrected chi connectivity index (χ3v) is 7.77. The van der Waals surface area contributed by atoms with Gasteiger partial charge in [-0.25, -0.2) is 0 Å². The van der Waals surface area contributed by atoms with E-state index >= 15 is 0 Å². The average Bonchev–Trinajstić information content (AvgIpc) is 3.03. The molecule has 0 aromatic carbocycles. The molecule has 3 saturated carbocycles. The topological polar surface area (TPSA) is 40.9 Å². The third-order valence-electron chi connectivity index (χ3n) is 7.77. The molecule has 7 atom stereocenters. The van der Waals surface area contributed by atoms with Gasteiger partial charge >= 0.3 is 0 Å². The Morgan fingerprint density at radius 3 is 2.62 bits per heavy atom. The van der Waals surface area contributed by atoms with E-state index in [0.29, 0.717) is 36.0 Å². The lowest BCUT2D eigenvalue weighted by molar-refractivity contribution is -0.108. The van der Waals surface area contributed by atoms with Crippen molar-refractivity contribution in [2.24, 2.45) is 40.9 Å². The summed E-state index contributed by atoms with van der Waals surface area (Å²) in [6, 6.07) is 2.61. The lowest BCUT2D eigenvalue weighted by Crippen LogP contribution is -2.48. The van der Waals surface area contributed by atoms with Crippen molar-refractivity contribution >= 4 is 6.29 Å². The number of nitrogens with zero attached hydrogens (tertiary/aromatic N) is 1. The molecule has 0 spiro atoms. The molecule has 5 unspecified atom stereocenters. The number of fused-ring (bicyclic) bond motifs is 3. The smallest absolute Gasteiger partial charge is 0.120 e. The lowest BCUT2D eigenvalue weighted by atomic mass is 9.49. The fraction of sp³-hybridized carbons (Fsp3) is 0.750. The first-order valence-electron chi connectivity index (χ1n) is 10.7. The number of hydrogen-bond donors (Lipinski definition) is 0. The Hall–Kier alpha value is -1.36. The minimum Gasteiger partial charge on any atom is -0.303 e. The second kappa shape index (κ2) is 9.03. The highest BCUT2D eigenvalue weighted by molar-refractivity contribution is 5.49. The van der Waals surface area contributed by atoms with Gasteiger partial charge in [0.05, 0.1) is 12.0 Å². The maximum absolute atomic E-state index is 11.0. The van der Waals surface area contributed by atoms with Crippen LogP contribution in [0.2, 0.25) is 0 Å². The van der Waals surface area contributed by atoms with Gasteiger partial charge in [0.25, 0.3) is 0 Å². The molecule has 26 heavy (non-hydrogen) atoms. The van der Waals surface area contributed by atoms with Crippen LogP contribution < -0.4 is 0 Å². The molecule has 2 heteroatoms. The van der Waals surface area contributed by atoms with Crippen LogP contribution in [0.4, 0.5) is 0 Å². The van der Waals surface area contributed by atoms with E-state index in [1.165, 1.54) is 19.3 Å². The van der Waals surface area contributed by atoms with Crippen LogP contribution in [-0.4, -0.2) is 6.29 Å². The van der Waals surface area contributed by atoms with Crippen molar-refractivity contribution in [1.82, 2.24) is 0 Å². The fourth-order valence-electron chi connectivity index (χ4n) is 6.58. The highest BCUT2D eigenvalue weighted by Gasteiger charge is 2.57. The second-order valence-electron chi connectivity index (χ2n) is 8.47. The molecule has 0 saturated heterocycles. The summed E-state index contributed by atoms with van der Waals surface area (Å²) in [4.78, 5) is 11.0. The molecule has 2 nitrogen and oxygen atoms in total. The monoisotopic (exact) mass is 355 g/mol. The first-order valence-corrected chi connectivity index (χ1v) is 10.7. The van der Waals surface area contributed by atoms with Crippen molar-refractivity contribution < 1.29 is 4.79 Å². The molecule has 3 aliphatic rings. The van der Waals surface area contributed by atoms with Crippen molar-refractivity contribution in [1.29, 1.82) is 5.26 Å². The van der Waals surface area contributed by atoms with Crippen LogP contribution in [0.15, 0.2) is 24.3 Å². The van der Waals surface area contributed by atoms with Gasteiger partial charge in [0.2, 0.25) is 0 Å². The first-order chi connectivity index (χ1) is 12.6. The van der Waals surface area contributed by atoms with Crippen molar-refractivity contribution in [3.05, 3.63) is 24.3 Å². The van der Waals surface area contributed by atoms with Crippen LogP contribution >= 0.6 is 0 Å². The maximum atomic E-state index is 11.0. The second-order valence-corrected chi connectivity index (χ2v) is 8.47. The Bertz CT molecular complexity index is 571. The summed E-state index contributed by atoms with van der Waals surface area (Å²) in [6.07, 6.45) is 13.0. The number of hydrogen-bond acceptors (Lipinski definition) is 2. The minimum absolute atomic E-state index is 0.194. The number of allylic oxidation sites excluding steroid dienone is 3. The molecule has 0 bridgehead atoms. The molecule has 0 aromatic rings. The van der Waals surface area contributed by atoms with Gasteiger partial charge in [-0.1, -0.05) is 38.5 Å². The standard InChI is InChI=1S/C22H31NO.C2H6/c1-4-15-13-16(5-2)21-19(18(15)7-6-12-24)10-11-22(3)17(14-23)8-9-20(21)22;1-2/h4-5,12,16-21H,2,6-11,13H2,1,3H3;1-2H3/b15-4-;/t16-,17-,18?,19?,20?,21?,22?;/m1./s1. The van der Waals surface area contributed by atoms with Gasteiger partial charge in [-0.15, -0.1) is 6.58 Å². The first kappa shape index (κ1) is 20.9. The number of nitriles is 1. The summed E-state index contributed by atoms with van der Waals surface area (Å²) in [6.45, 7) is 12.7. The molecular weight excluding hydrogens is 318 g/mol. The zero-order valence-electron chi connectivity index (χ0n) is 17.2. The quantitative estimate of drug-likeness (QED) is 0.436. The number of aldehydes is 1. The molecular formula is C24H37NO. The molecule has 3 fully saturated rings. The Morgan fingerprint density at radius 2 is 2.04 bits per heavy atom. The highest BCUT2D eigenvalue weighted by Crippen LogP contribution is 2.64. The van der Waals surface area contributed by atoms with Crippen molar-refractivity contribution in [2.75, 3.05) is 0 Å². The molecule has 0 radical (unpaired) electrons. The molecule has 0 amide bonds. The van der Waals surface area contributed by atoms with Crippen LogP contribution in [0.1, 0.15) is 72.6 Å². The molecule has 144 valence electrons. The number of carbonyl (C=O) groups is 1. The van der Waals surface area contributed by atoms with Crippen molar-refractivity contribution in [3.63, 3.8) is 0 Å². The van der Waals surface area contributed by atoms with E-state index in [1.807, 2.05) is 13.8 Å². The predicted molar refractivity (Wildman–Crippen MR) is 108 cm³/mol. The molecule has 3 rings (SSSR count). The lowest BCUT2D eigenvalue weighted by Gasteiger charge is -2.55. The summed E-state index contributed by atoms with van der Waals surface area (Å²) in [5, 5.41) is 9.62. The largest absolute Gasteiger partial charge is 0.303 e. The maximum Gasteiger partial charge on any atom is 0.120 e. The predicted octanol–water partition coefficient (Wildman–Crippen LogP) is 6.34. The highest BCUT2D eigenvalue weighted by atomic mass is 16.1. The van der Waals surface area contributed by atoms with Crippen molar-refractivity contribution in [3.8, 4) is 6.07 Å². The van der Waals surface area contributed by atoms with Gasteiger partial charge in [-0.3, -0.25) is 0 Å². The summed E-state index contributed by atoms with van der Waals surface area (Å²) in [5.74, 6) is 3.30. The van der Waals surface area contributed by atoms with E-state index in [2.05, 4.69) is 38.6 Å². The van der Waals surface area contributed by atoms with Gasteiger partial charge in [0.1, 0.15) is 6.29 Å².